The van der Waals surface area contributed by atoms with Crippen molar-refractivity contribution in [3.63, 3.8) is 0 Å². The van der Waals surface area contributed by atoms with Gasteiger partial charge in [-0.2, -0.15) is 0 Å². The van der Waals surface area contributed by atoms with E-state index in [9.17, 15) is 4.79 Å². The molecule has 0 N–H and O–H groups in total. The average molecular weight is 172 g/mol. The fourth-order valence-electron chi connectivity index (χ4n) is 1.57. The summed E-state index contributed by atoms with van der Waals surface area (Å²) < 4.78 is 5.34. The van der Waals surface area contributed by atoms with Crippen LogP contribution in [0.3, 0.4) is 0 Å². The van der Waals surface area contributed by atoms with E-state index >= 15 is 0 Å². The smallest absolute Gasteiger partial charge is 0.302 e. The molecule has 0 heterocycles. The second-order valence-electron chi connectivity index (χ2n) is 3.48. The quantitative estimate of drug-likeness (QED) is 0.451. The summed E-state index contributed by atoms with van der Waals surface area (Å²) in [5.74, 6) is 0.000988. The van der Waals surface area contributed by atoms with Crippen LogP contribution >= 0.6 is 0 Å². The molecule has 0 spiro atoms. The van der Waals surface area contributed by atoms with E-state index in [1.807, 2.05) is 0 Å². The molecule has 1 fully saturated rings. The first kappa shape index (κ1) is 8.78. The van der Waals surface area contributed by atoms with Gasteiger partial charge >= 0.3 is 5.97 Å². The number of carbonyl (C=O) groups excluding carboxylic acids is 1. The van der Waals surface area contributed by atoms with Crippen LogP contribution in [0.25, 0.3) is 0 Å². The van der Waals surface area contributed by atoms with E-state index in [2.05, 4.69) is 6.92 Å². The highest BCUT2D eigenvalue weighted by Crippen LogP contribution is 2.32. The lowest BCUT2D eigenvalue weighted by molar-refractivity contribution is -0.154. The van der Waals surface area contributed by atoms with E-state index in [1.165, 1.54) is 12.8 Å². The largest absolute Gasteiger partial charge is 0.460 e. The van der Waals surface area contributed by atoms with E-state index in [1.54, 1.807) is 0 Å². The van der Waals surface area contributed by atoms with E-state index < -0.39 is 0 Å². The summed E-state index contributed by atoms with van der Waals surface area (Å²) in [5.41, 5.74) is -0.110. The molecule has 0 atom stereocenters. The molecular formula is C8H16O2Si. The highest BCUT2D eigenvalue weighted by molar-refractivity contribution is 6.18. The molecule has 11 heavy (non-hydrogen) atoms. The number of carbonyl (C=O) groups is 1. The highest BCUT2D eigenvalue weighted by Gasteiger charge is 2.31. The van der Waals surface area contributed by atoms with Gasteiger partial charge in [0.1, 0.15) is 5.60 Å². The van der Waals surface area contributed by atoms with Gasteiger partial charge in [0.05, 0.1) is 0 Å². The maximum Gasteiger partial charge on any atom is 0.302 e. The topological polar surface area (TPSA) is 26.3 Å². The third-order valence-electron chi connectivity index (χ3n) is 2.31. The van der Waals surface area contributed by atoms with Gasteiger partial charge in [-0.15, -0.1) is 0 Å². The van der Waals surface area contributed by atoms with Crippen LogP contribution in [-0.4, -0.2) is 21.8 Å². The summed E-state index contributed by atoms with van der Waals surface area (Å²) >= 11 is 0. The third-order valence-corrected chi connectivity index (χ3v) is 2.89. The van der Waals surface area contributed by atoms with Crippen LogP contribution in [-0.2, 0) is 9.53 Å². The van der Waals surface area contributed by atoms with Gasteiger partial charge in [-0.05, 0) is 32.6 Å². The Bertz CT molecular complexity index is 150. The Morgan fingerprint density at radius 3 is 2.55 bits per heavy atom. The third kappa shape index (κ3) is 2.33. The lowest BCUT2D eigenvalue weighted by Gasteiger charge is -2.23. The van der Waals surface area contributed by atoms with Crippen LogP contribution in [0.4, 0.5) is 0 Å². The average Bonchev–Trinajstić information content (AvgIpc) is 2.36. The number of rotatable bonds is 2. The fourth-order valence-corrected chi connectivity index (χ4v) is 1.72. The summed E-state index contributed by atoms with van der Waals surface area (Å²) in [6, 6.07) is 0.635. The van der Waals surface area contributed by atoms with Crippen LogP contribution < -0.4 is 0 Å². The molecule has 0 amide bonds. The Hall–Kier alpha value is -0.313. The van der Waals surface area contributed by atoms with Gasteiger partial charge in [0, 0.05) is 16.3 Å². The molecule has 0 bridgehead atoms. The van der Waals surface area contributed by atoms with Crippen LogP contribution in [0.1, 0.15) is 32.6 Å². The molecular weight excluding hydrogens is 156 g/mol. The lowest BCUT2D eigenvalue weighted by Crippen LogP contribution is -2.27. The van der Waals surface area contributed by atoms with Crippen molar-refractivity contribution in [3.8, 4) is 0 Å². The Labute approximate surface area is 70.7 Å². The Kier molecular flexibility index (Phi) is 2.71. The number of ether oxygens (including phenoxy) is 1. The number of esters is 1. The Morgan fingerprint density at radius 1 is 1.55 bits per heavy atom. The summed E-state index contributed by atoms with van der Waals surface area (Å²) in [4.78, 5) is 11.0. The molecule has 64 valence electrons. The van der Waals surface area contributed by atoms with Crippen molar-refractivity contribution in [1.29, 1.82) is 0 Å². The molecule has 1 aliphatic rings. The van der Waals surface area contributed by atoms with Crippen molar-refractivity contribution in [2.45, 2.75) is 44.3 Å². The zero-order valence-corrected chi connectivity index (χ0v) is 9.35. The van der Waals surface area contributed by atoms with Gasteiger partial charge in [0.2, 0.25) is 0 Å². The van der Waals surface area contributed by atoms with E-state index in [0.717, 1.165) is 23.1 Å². The minimum Gasteiger partial charge on any atom is -0.460 e. The molecule has 1 aliphatic carbocycles. The molecule has 2 nitrogen and oxygen atoms in total. The van der Waals surface area contributed by atoms with Gasteiger partial charge in [-0.1, -0.05) is 0 Å². The number of hydrogen-bond acceptors (Lipinski definition) is 2. The van der Waals surface area contributed by atoms with Crippen LogP contribution in [0, 0.1) is 0 Å². The van der Waals surface area contributed by atoms with Gasteiger partial charge < -0.3 is 4.74 Å². The maximum absolute atomic E-state index is 11.0. The van der Waals surface area contributed by atoms with Crippen molar-refractivity contribution in [2.75, 3.05) is 0 Å². The molecule has 0 aromatic rings. The first-order chi connectivity index (χ1) is 5.16. The van der Waals surface area contributed by atoms with Gasteiger partial charge in [-0.25, -0.2) is 0 Å². The molecule has 1 rings (SSSR count). The standard InChI is InChI=1S/C8H16O2Si/c1-8(4-2-3-5-8)10-7(9)6-11/h2-6H2,1,11H3. The molecule has 3 heteroatoms. The van der Waals surface area contributed by atoms with Crippen molar-refractivity contribution < 1.29 is 9.53 Å². The Balaban J connectivity index is 2.39. The van der Waals surface area contributed by atoms with Crippen molar-refractivity contribution >= 4 is 16.2 Å². The number of hydrogen-bond donors (Lipinski definition) is 0. The van der Waals surface area contributed by atoms with Gasteiger partial charge in [0.25, 0.3) is 0 Å². The van der Waals surface area contributed by atoms with E-state index in [0.29, 0.717) is 6.04 Å². The molecule has 0 radical (unpaired) electrons. The first-order valence-corrected chi connectivity index (χ1v) is 5.79. The predicted molar refractivity (Wildman–Crippen MR) is 47.7 cm³/mol. The molecule has 0 saturated heterocycles. The second-order valence-corrected chi connectivity index (χ2v) is 4.19. The second kappa shape index (κ2) is 3.39. The fraction of sp³-hybridized carbons (Fsp3) is 0.875. The zero-order chi connectivity index (χ0) is 8.32. The van der Waals surface area contributed by atoms with Crippen LogP contribution in [0.15, 0.2) is 0 Å². The predicted octanol–water partition coefficient (Wildman–Crippen LogP) is 0.646. The van der Waals surface area contributed by atoms with Crippen molar-refractivity contribution in [3.05, 3.63) is 0 Å². The lowest BCUT2D eigenvalue weighted by atomic mass is 10.1. The normalized spacial score (nSPS) is 21.9. The Morgan fingerprint density at radius 2 is 2.09 bits per heavy atom. The van der Waals surface area contributed by atoms with Crippen molar-refractivity contribution in [1.82, 2.24) is 0 Å². The summed E-state index contributed by atoms with van der Waals surface area (Å²) in [6.45, 7) is 2.05. The van der Waals surface area contributed by atoms with Crippen LogP contribution in [0.2, 0.25) is 6.04 Å². The molecule has 1 saturated carbocycles. The van der Waals surface area contributed by atoms with Crippen molar-refractivity contribution in [2.24, 2.45) is 0 Å². The monoisotopic (exact) mass is 172 g/mol. The minimum absolute atomic E-state index is 0.000988. The summed E-state index contributed by atoms with van der Waals surface area (Å²) in [6.07, 6.45) is 4.54. The minimum atomic E-state index is -0.110. The molecule has 0 aromatic heterocycles. The van der Waals surface area contributed by atoms with Gasteiger partial charge in [-0.3, -0.25) is 4.79 Å². The summed E-state index contributed by atoms with van der Waals surface area (Å²) in [5, 5.41) is 0. The maximum atomic E-state index is 11.0. The van der Waals surface area contributed by atoms with E-state index in [4.69, 9.17) is 4.74 Å². The summed E-state index contributed by atoms with van der Waals surface area (Å²) in [7, 11) is 0.917. The van der Waals surface area contributed by atoms with Gasteiger partial charge in [0.15, 0.2) is 0 Å². The SMILES string of the molecule is CC1(OC(=O)C[SiH3])CCCC1. The molecule has 0 aromatic carbocycles. The zero-order valence-electron chi connectivity index (χ0n) is 7.35. The van der Waals surface area contributed by atoms with Crippen LogP contribution in [0.5, 0.6) is 0 Å². The molecule has 0 aliphatic heterocycles. The first-order valence-electron chi connectivity index (χ1n) is 4.38. The molecule has 0 unspecified atom stereocenters. The van der Waals surface area contributed by atoms with E-state index in [-0.39, 0.29) is 11.6 Å². The highest BCUT2D eigenvalue weighted by atomic mass is 28.1.